The molecular formula is C58H89NO2S4. The lowest BCUT2D eigenvalue weighted by atomic mass is 10.0. The molecule has 5 rings (SSSR count). The number of carbonyl (C=O) groups excluding carboxylic acids is 2. The average Bonchev–Trinajstić information content (AvgIpc) is 4.14. The van der Waals surface area contributed by atoms with Crippen molar-refractivity contribution in [3.05, 3.63) is 56.3 Å². The molecule has 0 saturated carbocycles. The van der Waals surface area contributed by atoms with Gasteiger partial charge in [-0.25, -0.2) is 0 Å². The minimum Gasteiger partial charge on any atom is -0.274 e. The van der Waals surface area contributed by atoms with Crippen LogP contribution in [0, 0.1) is 13.8 Å². The summed E-state index contributed by atoms with van der Waals surface area (Å²) in [5.74, 6) is -0.130. The smallest absolute Gasteiger partial charge is 0.263 e. The Morgan fingerprint density at radius 1 is 0.369 bits per heavy atom. The van der Waals surface area contributed by atoms with Gasteiger partial charge in [-0.15, -0.1) is 45.3 Å². The molecule has 0 fully saturated rings. The van der Waals surface area contributed by atoms with Gasteiger partial charge in [-0.1, -0.05) is 207 Å². The van der Waals surface area contributed by atoms with Crippen molar-refractivity contribution in [1.29, 1.82) is 0 Å². The first kappa shape index (κ1) is 53.9. The Morgan fingerprint density at radius 2 is 0.754 bits per heavy atom. The Balaban J connectivity index is 1.21. The first-order valence-electron chi connectivity index (χ1n) is 27.2. The number of hydrogen-bond donors (Lipinski definition) is 0. The van der Waals surface area contributed by atoms with Crippen molar-refractivity contribution in [2.75, 3.05) is 6.54 Å². The summed E-state index contributed by atoms with van der Waals surface area (Å²) in [6, 6.07) is 9.57. The van der Waals surface area contributed by atoms with E-state index in [1.165, 1.54) is 233 Å². The predicted octanol–water partition coefficient (Wildman–Crippen LogP) is 20.8. The van der Waals surface area contributed by atoms with E-state index in [0.717, 1.165) is 35.4 Å². The van der Waals surface area contributed by atoms with Crippen LogP contribution in [-0.2, 0) is 12.8 Å². The van der Waals surface area contributed by atoms with Crippen LogP contribution in [0.5, 0.6) is 0 Å². The fourth-order valence-corrected chi connectivity index (χ4v) is 14.6. The van der Waals surface area contributed by atoms with E-state index in [-0.39, 0.29) is 11.8 Å². The summed E-state index contributed by atoms with van der Waals surface area (Å²) in [5.41, 5.74) is 4.25. The van der Waals surface area contributed by atoms with Crippen molar-refractivity contribution in [2.45, 2.75) is 253 Å². The second-order valence-corrected chi connectivity index (χ2v) is 24.2. The molecule has 4 aromatic heterocycles. The van der Waals surface area contributed by atoms with Crippen molar-refractivity contribution in [3.8, 4) is 29.3 Å². The van der Waals surface area contributed by atoms with Crippen molar-refractivity contribution in [2.24, 2.45) is 0 Å². The quantitative estimate of drug-likeness (QED) is 0.0332. The molecule has 0 atom stereocenters. The van der Waals surface area contributed by atoms with Crippen LogP contribution in [0.2, 0.25) is 0 Å². The van der Waals surface area contributed by atoms with Gasteiger partial charge < -0.3 is 0 Å². The zero-order chi connectivity index (χ0) is 46.1. The van der Waals surface area contributed by atoms with Crippen molar-refractivity contribution < 1.29 is 9.59 Å². The van der Waals surface area contributed by atoms with Crippen molar-refractivity contribution in [1.82, 2.24) is 4.90 Å². The van der Waals surface area contributed by atoms with Crippen LogP contribution in [0.1, 0.15) is 268 Å². The number of imide groups is 1. The van der Waals surface area contributed by atoms with Gasteiger partial charge in [0.2, 0.25) is 0 Å². The molecule has 7 heteroatoms. The van der Waals surface area contributed by atoms with Crippen molar-refractivity contribution in [3.63, 3.8) is 0 Å². The minimum absolute atomic E-state index is 0.0626. The highest BCUT2D eigenvalue weighted by molar-refractivity contribution is 7.28. The number of hydrogen-bond acceptors (Lipinski definition) is 6. The van der Waals surface area contributed by atoms with Gasteiger partial charge >= 0.3 is 0 Å². The fraction of sp³-hybridized carbons (Fsp3) is 0.690. The zero-order valence-electron chi connectivity index (χ0n) is 42.0. The normalized spacial score (nSPS) is 12.7. The van der Waals surface area contributed by atoms with Crippen LogP contribution in [-0.4, -0.2) is 23.3 Å². The van der Waals surface area contributed by atoms with Crippen LogP contribution in [0.4, 0.5) is 0 Å². The van der Waals surface area contributed by atoms with Crippen LogP contribution < -0.4 is 0 Å². The Labute approximate surface area is 414 Å². The number of unbranched alkanes of at least 4 members (excludes halogenated alkanes) is 29. The molecule has 1 aliphatic heterocycles. The Morgan fingerprint density at radius 3 is 1.23 bits per heavy atom. The van der Waals surface area contributed by atoms with Crippen LogP contribution in [0.25, 0.3) is 29.3 Å². The van der Waals surface area contributed by atoms with E-state index in [1.54, 1.807) is 16.2 Å². The number of thiophene rings is 4. The molecule has 0 aliphatic carbocycles. The molecule has 3 nitrogen and oxygen atoms in total. The fourth-order valence-electron chi connectivity index (χ4n) is 9.87. The highest BCUT2D eigenvalue weighted by Crippen LogP contribution is 2.49. The van der Waals surface area contributed by atoms with E-state index in [0.29, 0.717) is 17.7 Å². The lowest BCUT2D eigenvalue weighted by Crippen LogP contribution is -2.31. The van der Waals surface area contributed by atoms with E-state index in [2.05, 4.69) is 58.9 Å². The molecular weight excluding hydrogens is 871 g/mol. The molecule has 0 radical (unpaired) electrons. The number of aryl methyl sites for hydroxylation is 4. The second-order valence-electron chi connectivity index (χ2n) is 19.6. The summed E-state index contributed by atoms with van der Waals surface area (Å²) in [4.78, 5) is 39.8. The predicted molar refractivity (Wildman–Crippen MR) is 291 cm³/mol. The summed E-state index contributed by atoms with van der Waals surface area (Å²) in [6.07, 6.45) is 44.5. The number of rotatable bonds is 38. The number of fused-ring (bicyclic) bond motifs is 1. The largest absolute Gasteiger partial charge is 0.274 e. The van der Waals surface area contributed by atoms with E-state index < -0.39 is 0 Å². The minimum atomic E-state index is -0.0669. The van der Waals surface area contributed by atoms with Gasteiger partial charge in [0, 0.05) is 40.7 Å². The molecule has 0 saturated heterocycles. The topological polar surface area (TPSA) is 37.4 Å². The third-order valence-electron chi connectivity index (χ3n) is 14.0. The lowest BCUT2D eigenvalue weighted by molar-refractivity contribution is 0.0651. The van der Waals surface area contributed by atoms with Crippen LogP contribution in [0.15, 0.2) is 24.3 Å². The Bertz CT molecular complexity index is 1940. The molecule has 4 aromatic rings. The van der Waals surface area contributed by atoms with Gasteiger partial charge in [0.1, 0.15) is 0 Å². The molecule has 0 aromatic carbocycles. The average molecular weight is 961 g/mol. The number of carbonyl (C=O) groups is 2. The Kier molecular flexibility index (Phi) is 25.8. The standard InChI is InChI=1S/C58H89NO2S4/c1-6-9-12-15-18-21-24-25-28-31-34-37-42-59-57(60)53-46(5)63-56(54(53)58(59)61)55-48(39-36-33-30-27-23-20-17-14-11-8-3)44-52(65-55)50-41-40-49(64-50)51-43-47(45(4)62-51)38-35-32-29-26-22-19-16-13-10-7-2/h40-41,43-44H,6-39,42H2,1-5H3. The van der Waals surface area contributed by atoms with E-state index in [9.17, 15) is 9.59 Å². The summed E-state index contributed by atoms with van der Waals surface area (Å²) in [6.45, 7) is 11.8. The van der Waals surface area contributed by atoms with E-state index in [1.807, 2.05) is 34.0 Å². The maximum Gasteiger partial charge on any atom is 0.263 e. The maximum atomic E-state index is 14.3. The third kappa shape index (κ3) is 17.4. The number of amides is 2. The third-order valence-corrected chi connectivity index (χ3v) is 19.0. The van der Waals surface area contributed by atoms with Gasteiger partial charge in [-0.05, 0) is 81.3 Å². The van der Waals surface area contributed by atoms with Gasteiger partial charge in [0.05, 0.1) is 16.0 Å². The molecule has 0 N–H and O–H groups in total. The van der Waals surface area contributed by atoms with Gasteiger partial charge in [-0.2, -0.15) is 0 Å². The molecule has 65 heavy (non-hydrogen) atoms. The summed E-state index contributed by atoms with van der Waals surface area (Å²) in [5, 5.41) is 0. The second kappa shape index (κ2) is 31.1. The van der Waals surface area contributed by atoms with Crippen LogP contribution in [0.3, 0.4) is 0 Å². The monoisotopic (exact) mass is 960 g/mol. The first-order valence-corrected chi connectivity index (χ1v) is 30.5. The molecule has 362 valence electrons. The summed E-state index contributed by atoms with van der Waals surface area (Å²) in [7, 11) is 0. The summed E-state index contributed by atoms with van der Waals surface area (Å²) >= 11 is 7.40. The SMILES string of the molecule is CCCCCCCCCCCCCCN1C(=O)c2c(C)sc(-c3sc(-c4ccc(-c5cc(CCCCCCCCCCCC)c(C)s5)s4)cc3CCCCCCCCCCCC)c2C1=O. The molecule has 0 spiro atoms. The van der Waals surface area contributed by atoms with Gasteiger partial charge in [0.15, 0.2) is 0 Å². The summed E-state index contributed by atoms with van der Waals surface area (Å²) < 4.78 is 0. The molecule has 0 bridgehead atoms. The maximum absolute atomic E-state index is 14.3. The van der Waals surface area contributed by atoms with Crippen LogP contribution >= 0.6 is 45.3 Å². The Hall–Kier alpha value is -2.06. The van der Waals surface area contributed by atoms with Gasteiger partial charge in [-0.3, -0.25) is 14.5 Å². The van der Waals surface area contributed by atoms with E-state index >= 15 is 0 Å². The highest BCUT2D eigenvalue weighted by Gasteiger charge is 2.41. The van der Waals surface area contributed by atoms with E-state index in [4.69, 9.17) is 0 Å². The highest BCUT2D eigenvalue weighted by atomic mass is 32.1. The zero-order valence-corrected chi connectivity index (χ0v) is 45.2. The molecule has 5 heterocycles. The van der Waals surface area contributed by atoms with Crippen molar-refractivity contribution >= 4 is 57.2 Å². The first-order chi connectivity index (χ1) is 31.9. The molecule has 0 unspecified atom stereocenters. The lowest BCUT2D eigenvalue weighted by Gasteiger charge is -2.14. The molecule has 2 amide bonds. The number of nitrogens with zero attached hydrogens (tertiary/aromatic N) is 1. The molecule has 1 aliphatic rings. The van der Waals surface area contributed by atoms with Gasteiger partial charge in [0.25, 0.3) is 11.8 Å².